The van der Waals surface area contributed by atoms with Crippen LogP contribution in [-0.4, -0.2) is 6.61 Å². The number of aryl methyl sites for hydroxylation is 1. The molecule has 0 amide bonds. The van der Waals surface area contributed by atoms with Gasteiger partial charge in [0.1, 0.15) is 5.75 Å². The third kappa shape index (κ3) is 1.42. The van der Waals surface area contributed by atoms with Crippen molar-refractivity contribution < 1.29 is 4.74 Å². The highest BCUT2D eigenvalue weighted by atomic mass is 16.5. The number of hydrogen-bond acceptors (Lipinski definition) is 2. The van der Waals surface area contributed by atoms with Crippen molar-refractivity contribution >= 4 is 0 Å². The van der Waals surface area contributed by atoms with Crippen molar-refractivity contribution in [3.63, 3.8) is 0 Å². The van der Waals surface area contributed by atoms with Crippen LogP contribution in [0.2, 0.25) is 0 Å². The van der Waals surface area contributed by atoms with Crippen molar-refractivity contribution in [3.05, 3.63) is 29.3 Å². The molecule has 2 nitrogen and oxygen atoms in total. The SMILES string of the molecule is CCOc1cccc2c1C(N)CC2. The van der Waals surface area contributed by atoms with Crippen LogP contribution in [0.15, 0.2) is 18.2 Å². The minimum absolute atomic E-state index is 0.178. The molecule has 2 rings (SSSR count). The Kier molecular flexibility index (Phi) is 2.23. The van der Waals surface area contributed by atoms with Gasteiger partial charge < -0.3 is 10.5 Å². The van der Waals surface area contributed by atoms with Gasteiger partial charge in [0.2, 0.25) is 0 Å². The monoisotopic (exact) mass is 177 g/mol. The first-order valence-corrected chi connectivity index (χ1v) is 4.83. The molecule has 0 heterocycles. The third-order valence-electron chi connectivity index (χ3n) is 2.55. The third-order valence-corrected chi connectivity index (χ3v) is 2.55. The fourth-order valence-electron chi connectivity index (χ4n) is 1.97. The van der Waals surface area contributed by atoms with Crippen molar-refractivity contribution in [3.8, 4) is 5.75 Å². The fraction of sp³-hybridized carbons (Fsp3) is 0.455. The number of rotatable bonds is 2. The molecule has 2 N–H and O–H groups in total. The Bertz CT molecular complexity index is 309. The minimum Gasteiger partial charge on any atom is -0.494 e. The van der Waals surface area contributed by atoms with Gasteiger partial charge in [0.05, 0.1) is 6.61 Å². The summed E-state index contributed by atoms with van der Waals surface area (Å²) >= 11 is 0. The topological polar surface area (TPSA) is 35.2 Å². The molecule has 1 aromatic carbocycles. The van der Waals surface area contributed by atoms with Crippen LogP contribution in [0.4, 0.5) is 0 Å². The van der Waals surface area contributed by atoms with Gasteiger partial charge in [0.15, 0.2) is 0 Å². The maximum atomic E-state index is 6.00. The molecule has 1 aromatic rings. The normalized spacial score (nSPS) is 20.0. The van der Waals surface area contributed by atoms with Crippen molar-refractivity contribution in [2.45, 2.75) is 25.8 Å². The zero-order chi connectivity index (χ0) is 9.26. The highest BCUT2D eigenvalue weighted by molar-refractivity contribution is 5.45. The molecule has 0 radical (unpaired) electrons. The molecule has 70 valence electrons. The lowest BCUT2D eigenvalue weighted by atomic mass is 10.1. The molecule has 2 heteroatoms. The van der Waals surface area contributed by atoms with E-state index in [1.165, 1.54) is 11.1 Å². The Morgan fingerprint density at radius 3 is 3.15 bits per heavy atom. The fourth-order valence-corrected chi connectivity index (χ4v) is 1.97. The lowest BCUT2D eigenvalue weighted by molar-refractivity contribution is 0.335. The maximum absolute atomic E-state index is 6.00. The first kappa shape index (κ1) is 8.57. The maximum Gasteiger partial charge on any atom is 0.124 e. The molecular weight excluding hydrogens is 162 g/mol. The quantitative estimate of drug-likeness (QED) is 0.750. The first-order chi connectivity index (χ1) is 6.33. The van der Waals surface area contributed by atoms with Crippen LogP contribution in [0.1, 0.15) is 30.5 Å². The van der Waals surface area contributed by atoms with Crippen LogP contribution >= 0.6 is 0 Å². The second kappa shape index (κ2) is 3.38. The number of benzene rings is 1. The predicted molar refractivity (Wildman–Crippen MR) is 52.9 cm³/mol. The molecule has 0 fully saturated rings. The van der Waals surface area contributed by atoms with Gasteiger partial charge in [-0.3, -0.25) is 0 Å². The first-order valence-electron chi connectivity index (χ1n) is 4.83. The number of nitrogens with two attached hydrogens (primary N) is 1. The van der Waals surface area contributed by atoms with E-state index >= 15 is 0 Å². The molecule has 0 spiro atoms. The molecule has 1 aliphatic carbocycles. The molecular formula is C11H15NO. The van der Waals surface area contributed by atoms with Gasteiger partial charge in [-0.2, -0.15) is 0 Å². The van der Waals surface area contributed by atoms with Crippen molar-refractivity contribution in [2.24, 2.45) is 5.73 Å². The molecule has 1 atom stereocenters. The molecule has 0 bridgehead atoms. The number of ether oxygens (including phenoxy) is 1. The second-order valence-corrected chi connectivity index (χ2v) is 3.41. The van der Waals surface area contributed by atoms with E-state index in [2.05, 4.69) is 6.07 Å². The highest BCUT2D eigenvalue weighted by Gasteiger charge is 2.22. The Morgan fingerprint density at radius 2 is 2.38 bits per heavy atom. The highest BCUT2D eigenvalue weighted by Crippen LogP contribution is 2.36. The van der Waals surface area contributed by atoms with Gasteiger partial charge in [-0.05, 0) is 31.4 Å². The van der Waals surface area contributed by atoms with Crippen LogP contribution in [0.25, 0.3) is 0 Å². The minimum atomic E-state index is 0.178. The van der Waals surface area contributed by atoms with Gasteiger partial charge in [-0.25, -0.2) is 0 Å². The Balaban J connectivity index is 2.41. The van der Waals surface area contributed by atoms with E-state index in [-0.39, 0.29) is 6.04 Å². The lowest BCUT2D eigenvalue weighted by Crippen LogP contribution is -2.07. The summed E-state index contributed by atoms with van der Waals surface area (Å²) < 4.78 is 5.54. The molecule has 1 aliphatic rings. The van der Waals surface area contributed by atoms with E-state index in [1.54, 1.807) is 0 Å². The zero-order valence-electron chi connectivity index (χ0n) is 7.92. The summed E-state index contributed by atoms with van der Waals surface area (Å²) in [6.45, 7) is 2.71. The Morgan fingerprint density at radius 1 is 1.54 bits per heavy atom. The molecule has 0 aliphatic heterocycles. The largest absolute Gasteiger partial charge is 0.494 e. The standard InChI is InChI=1S/C11H15NO/c1-2-13-10-5-3-4-8-6-7-9(12)11(8)10/h3-5,9H,2,6-7,12H2,1H3. The Hall–Kier alpha value is -1.02. The Labute approximate surface area is 78.7 Å². The predicted octanol–water partition coefficient (Wildman–Crippen LogP) is 2.03. The summed E-state index contributed by atoms with van der Waals surface area (Å²) in [5, 5.41) is 0. The number of fused-ring (bicyclic) bond motifs is 1. The van der Waals surface area contributed by atoms with Crippen molar-refractivity contribution in [2.75, 3.05) is 6.61 Å². The van der Waals surface area contributed by atoms with E-state index in [0.717, 1.165) is 18.6 Å². The van der Waals surface area contributed by atoms with E-state index in [9.17, 15) is 0 Å². The second-order valence-electron chi connectivity index (χ2n) is 3.41. The summed E-state index contributed by atoms with van der Waals surface area (Å²) in [6.07, 6.45) is 2.15. The van der Waals surface area contributed by atoms with Crippen LogP contribution in [-0.2, 0) is 6.42 Å². The van der Waals surface area contributed by atoms with Crippen molar-refractivity contribution in [1.82, 2.24) is 0 Å². The summed E-state index contributed by atoms with van der Waals surface area (Å²) in [5.74, 6) is 0.977. The van der Waals surface area contributed by atoms with E-state index in [1.807, 2.05) is 19.1 Å². The summed E-state index contributed by atoms with van der Waals surface area (Å²) in [7, 11) is 0. The van der Waals surface area contributed by atoms with Gasteiger partial charge in [0.25, 0.3) is 0 Å². The zero-order valence-corrected chi connectivity index (χ0v) is 7.92. The molecule has 13 heavy (non-hydrogen) atoms. The van der Waals surface area contributed by atoms with E-state index in [4.69, 9.17) is 10.5 Å². The lowest BCUT2D eigenvalue weighted by Gasteiger charge is -2.11. The van der Waals surface area contributed by atoms with Gasteiger partial charge >= 0.3 is 0 Å². The van der Waals surface area contributed by atoms with Crippen LogP contribution in [0.3, 0.4) is 0 Å². The summed E-state index contributed by atoms with van der Waals surface area (Å²) in [6, 6.07) is 6.37. The van der Waals surface area contributed by atoms with Gasteiger partial charge in [-0.1, -0.05) is 12.1 Å². The average molecular weight is 177 g/mol. The summed E-state index contributed by atoms with van der Waals surface area (Å²) in [5.41, 5.74) is 8.58. The molecule has 1 unspecified atom stereocenters. The molecule has 0 saturated heterocycles. The van der Waals surface area contributed by atoms with Crippen molar-refractivity contribution in [1.29, 1.82) is 0 Å². The van der Waals surface area contributed by atoms with E-state index < -0.39 is 0 Å². The number of hydrogen-bond donors (Lipinski definition) is 1. The van der Waals surface area contributed by atoms with Crippen LogP contribution in [0.5, 0.6) is 5.75 Å². The molecule has 0 saturated carbocycles. The van der Waals surface area contributed by atoms with Crippen LogP contribution < -0.4 is 10.5 Å². The van der Waals surface area contributed by atoms with Crippen LogP contribution in [0, 0.1) is 0 Å². The average Bonchev–Trinajstić information content (AvgIpc) is 2.50. The smallest absolute Gasteiger partial charge is 0.124 e. The van der Waals surface area contributed by atoms with E-state index in [0.29, 0.717) is 6.61 Å². The summed E-state index contributed by atoms with van der Waals surface area (Å²) in [4.78, 5) is 0. The van der Waals surface area contributed by atoms with Gasteiger partial charge in [-0.15, -0.1) is 0 Å². The molecule has 0 aromatic heterocycles. The van der Waals surface area contributed by atoms with Gasteiger partial charge in [0, 0.05) is 11.6 Å².